The Balaban J connectivity index is 2.42. The summed E-state index contributed by atoms with van der Waals surface area (Å²) in [4.78, 5) is 170. The third-order valence-electron chi connectivity index (χ3n) is 11.8. The lowest BCUT2D eigenvalue weighted by Crippen LogP contribution is -2.60. The normalized spacial score (nSPS) is 14.7. The Morgan fingerprint density at radius 3 is 1.67 bits per heavy atom. The van der Waals surface area contributed by atoms with Crippen LogP contribution in [0.3, 0.4) is 0 Å². The van der Waals surface area contributed by atoms with Crippen molar-refractivity contribution >= 4 is 88.3 Å². The molecule has 2 aromatic rings. The summed E-state index contributed by atoms with van der Waals surface area (Å²) in [6, 6.07) is -4.90. The highest BCUT2D eigenvalue weighted by molar-refractivity contribution is 5.99. The number of nitrogens with one attached hydrogen (secondary N) is 9. The molecule has 0 saturated carbocycles. The van der Waals surface area contributed by atoms with Crippen LogP contribution in [0.2, 0.25) is 0 Å². The number of aliphatic carboxylic acids is 3. The van der Waals surface area contributed by atoms with Gasteiger partial charge in [-0.2, -0.15) is 0 Å². The van der Waals surface area contributed by atoms with Crippen LogP contribution in [0.4, 0.5) is 0 Å². The zero-order valence-electron chi connectivity index (χ0n) is 42.7. The van der Waals surface area contributed by atoms with Crippen molar-refractivity contribution in [3.05, 3.63) is 36.0 Å². The number of nitrogens with two attached hydrogens (primary N) is 2. The van der Waals surface area contributed by atoms with E-state index in [2.05, 4.69) is 47.5 Å². The molecule has 0 aliphatic heterocycles. The number of para-hydroxylation sites is 1. The lowest BCUT2D eigenvalue weighted by atomic mass is 9.97. The first-order chi connectivity index (χ1) is 35.2. The lowest BCUT2D eigenvalue weighted by molar-refractivity contribution is -0.140. The fourth-order valence-electron chi connectivity index (χ4n) is 7.39. The number of carbonyl (C=O) groups excluding carboxylic acids is 10. The van der Waals surface area contributed by atoms with Crippen molar-refractivity contribution in [2.75, 3.05) is 6.54 Å². The number of hydrogen-bond acceptors (Lipinski definition) is 14. The van der Waals surface area contributed by atoms with Gasteiger partial charge in [0.15, 0.2) is 0 Å². The van der Waals surface area contributed by atoms with Gasteiger partial charge in [-0.25, -0.2) is 0 Å². The molecule has 1 heterocycles. The third-order valence-corrected chi connectivity index (χ3v) is 11.8. The van der Waals surface area contributed by atoms with E-state index in [9.17, 15) is 72.5 Å². The highest BCUT2D eigenvalue weighted by Gasteiger charge is 2.35. The Morgan fingerprint density at radius 1 is 0.627 bits per heavy atom. The van der Waals surface area contributed by atoms with Crippen LogP contribution in [0.15, 0.2) is 30.5 Å². The van der Waals surface area contributed by atoms with Crippen molar-refractivity contribution in [2.45, 2.75) is 148 Å². The number of aromatic nitrogens is 1. The van der Waals surface area contributed by atoms with Gasteiger partial charge in [-0.15, -0.1) is 0 Å². The van der Waals surface area contributed by atoms with E-state index in [4.69, 9.17) is 16.6 Å². The van der Waals surface area contributed by atoms with Gasteiger partial charge in [0, 0.05) is 36.4 Å². The largest absolute Gasteiger partial charge is 0.481 e. The summed E-state index contributed by atoms with van der Waals surface area (Å²) in [5.41, 5.74) is 12.0. The van der Waals surface area contributed by atoms with Crippen LogP contribution >= 0.6 is 0 Å². The standard InChI is InChI=1S/C48H71N11O16/c1-7-25(6)41(48(75)54-31(13-15-39(65)66)45(72)56-32(16-23(2)3)46(73)58-35(22-60)24(4)5)59-37(62)21-52-43(70)33(17-26-20-51-29-11-9-8-10-27(26)29)57-44(71)30(12-14-38(63)64)53-47(74)34(19-36(50)61)55-42(69)28(49)18-40(67)68/h8-11,20,22-25,28,30-35,41,51H,7,12-19,21,49H2,1-6H3,(H2,50,61)(H,52,70)(H,53,74)(H,54,75)(H,55,69)(H,56,72)(H,57,71)(H,58,73)(H,59,62)(H,63,64)(H,65,66)(H,67,68)/t25-,28-,30-,31-,32-,33-,34-,35+,41-/m0/s1. The van der Waals surface area contributed by atoms with Crippen LogP contribution in [0.1, 0.15) is 98.5 Å². The molecule has 1 aromatic carbocycles. The van der Waals surface area contributed by atoms with Crippen molar-refractivity contribution in [2.24, 2.45) is 29.2 Å². The number of H-pyrrole nitrogens is 1. The molecule has 75 heavy (non-hydrogen) atoms. The van der Waals surface area contributed by atoms with E-state index in [1.165, 1.54) is 0 Å². The number of carboxylic acid groups (broad SMARTS) is 3. The third kappa shape index (κ3) is 22.0. The van der Waals surface area contributed by atoms with Gasteiger partial charge in [-0.3, -0.25) is 57.5 Å². The monoisotopic (exact) mass is 1060 g/mol. The lowest BCUT2D eigenvalue weighted by Gasteiger charge is -2.28. The summed E-state index contributed by atoms with van der Waals surface area (Å²) >= 11 is 0. The van der Waals surface area contributed by atoms with Gasteiger partial charge in [-0.1, -0.05) is 66.2 Å². The molecule has 2 rings (SSSR count). The highest BCUT2D eigenvalue weighted by Crippen LogP contribution is 2.20. The second-order valence-corrected chi connectivity index (χ2v) is 18.8. The molecule has 27 nitrogen and oxygen atoms in total. The van der Waals surface area contributed by atoms with Crippen molar-refractivity contribution < 1.29 is 77.6 Å². The van der Waals surface area contributed by atoms with Gasteiger partial charge in [0.05, 0.1) is 31.5 Å². The number of aromatic amines is 1. The molecule has 1 aromatic heterocycles. The summed E-state index contributed by atoms with van der Waals surface area (Å²) in [5.74, 6) is -14.3. The molecule has 0 radical (unpaired) electrons. The zero-order chi connectivity index (χ0) is 56.7. The summed E-state index contributed by atoms with van der Waals surface area (Å²) in [6.45, 7) is 9.46. The Morgan fingerprint density at radius 2 is 1.15 bits per heavy atom. The number of carbonyl (C=O) groups is 13. The number of rotatable bonds is 34. The second-order valence-electron chi connectivity index (χ2n) is 18.8. The van der Waals surface area contributed by atoms with Crippen LogP contribution in [-0.2, 0) is 68.7 Å². The van der Waals surface area contributed by atoms with Crippen LogP contribution < -0.4 is 54.0 Å². The van der Waals surface area contributed by atoms with Crippen molar-refractivity contribution in [1.82, 2.24) is 47.5 Å². The van der Waals surface area contributed by atoms with Gasteiger partial charge in [-0.05, 0) is 48.6 Å². The van der Waals surface area contributed by atoms with E-state index in [1.54, 1.807) is 72.0 Å². The number of benzene rings is 1. The quantitative estimate of drug-likeness (QED) is 0.0324. The number of amides is 9. The molecule has 0 bridgehead atoms. The second kappa shape index (κ2) is 30.9. The van der Waals surface area contributed by atoms with E-state index in [0.29, 0.717) is 22.8 Å². The smallest absolute Gasteiger partial charge is 0.305 e. The first-order valence-electron chi connectivity index (χ1n) is 24.3. The summed E-state index contributed by atoms with van der Waals surface area (Å²) < 4.78 is 0. The van der Waals surface area contributed by atoms with E-state index in [-0.39, 0.29) is 31.1 Å². The van der Waals surface area contributed by atoms with E-state index < -0.39 is 170 Å². The van der Waals surface area contributed by atoms with Gasteiger partial charge >= 0.3 is 17.9 Å². The molecular formula is C48H71N11O16. The first kappa shape index (κ1) is 63.1. The molecule has 9 amide bonds. The minimum Gasteiger partial charge on any atom is -0.481 e. The molecule has 0 fully saturated rings. The van der Waals surface area contributed by atoms with Gasteiger partial charge < -0.3 is 79.1 Å². The van der Waals surface area contributed by atoms with Crippen LogP contribution in [0.25, 0.3) is 10.9 Å². The number of hydrogen-bond donors (Lipinski definition) is 14. The zero-order valence-corrected chi connectivity index (χ0v) is 42.7. The maximum atomic E-state index is 14.0. The summed E-state index contributed by atoms with van der Waals surface area (Å²) in [7, 11) is 0. The predicted octanol–water partition coefficient (Wildman–Crippen LogP) is -2.43. The topological polar surface area (TPSA) is 447 Å². The van der Waals surface area contributed by atoms with E-state index in [1.807, 2.05) is 0 Å². The summed E-state index contributed by atoms with van der Waals surface area (Å²) in [5, 5.41) is 48.0. The van der Waals surface area contributed by atoms with Crippen molar-refractivity contribution in [1.29, 1.82) is 0 Å². The molecule has 0 saturated heterocycles. The number of aldehydes is 1. The molecule has 0 aliphatic carbocycles. The average Bonchev–Trinajstić information content (AvgIpc) is 3.74. The Kier molecular flexibility index (Phi) is 26.0. The highest BCUT2D eigenvalue weighted by atomic mass is 16.4. The predicted molar refractivity (Wildman–Crippen MR) is 266 cm³/mol. The van der Waals surface area contributed by atoms with Crippen LogP contribution in [0.5, 0.6) is 0 Å². The average molecular weight is 1060 g/mol. The molecule has 27 heteroatoms. The summed E-state index contributed by atoms with van der Waals surface area (Å²) in [6.07, 6.45) is -1.82. The number of fused-ring (bicyclic) bond motifs is 1. The van der Waals surface area contributed by atoms with Crippen molar-refractivity contribution in [3.63, 3.8) is 0 Å². The van der Waals surface area contributed by atoms with Gasteiger partial charge in [0.1, 0.15) is 42.5 Å². The number of carboxylic acids is 3. The Bertz CT molecular complexity index is 2390. The molecule has 16 N–H and O–H groups in total. The Labute approximate surface area is 431 Å². The minimum atomic E-state index is -1.82. The Hall–Kier alpha value is -7.97. The molecule has 0 unspecified atom stereocenters. The minimum absolute atomic E-state index is 0.112. The molecule has 0 spiro atoms. The first-order valence-corrected chi connectivity index (χ1v) is 24.3. The molecule has 0 aliphatic rings. The molecule has 9 atom stereocenters. The fourth-order valence-corrected chi connectivity index (χ4v) is 7.39. The van der Waals surface area contributed by atoms with Gasteiger partial charge in [0.2, 0.25) is 53.2 Å². The van der Waals surface area contributed by atoms with E-state index >= 15 is 0 Å². The maximum Gasteiger partial charge on any atom is 0.305 e. The van der Waals surface area contributed by atoms with Crippen LogP contribution in [0, 0.1) is 17.8 Å². The van der Waals surface area contributed by atoms with Crippen LogP contribution in [-0.4, -0.2) is 153 Å². The van der Waals surface area contributed by atoms with Gasteiger partial charge in [0.25, 0.3) is 0 Å². The van der Waals surface area contributed by atoms with E-state index in [0.717, 1.165) is 0 Å². The fraction of sp³-hybridized carbons (Fsp3) is 0.562. The molecule has 414 valence electrons. The maximum absolute atomic E-state index is 14.0. The SMILES string of the molecule is CC[C@H](C)[C@H](NC(=O)CNC(=O)[C@H](Cc1c[nH]c2ccccc12)NC(=O)[C@H](CCC(=O)O)NC(=O)[C@H](CC(N)=O)NC(=O)[C@@H](N)CC(=O)O)C(=O)N[C@@H](CCC(=O)O)C(=O)N[C@@H](CC(C)C)C(=O)N[C@H](C=O)C(C)C. The van der Waals surface area contributed by atoms with Crippen molar-refractivity contribution in [3.8, 4) is 0 Å². The number of primary amides is 1. The molecular weight excluding hydrogens is 987 g/mol.